The molecule has 2 aromatic rings. The Kier molecular flexibility index (Phi) is 3.88. The number of carbonyl (C=O) groups is 1. The van der Waals surface area contributed by atoms with Crippen LogP contribution in [0.4, 0.5) is 0 Å². The second-order valence-electron chi connectivity index (χ2n) is 4.35. The summed E-state index contributed by atoms with van der Waals surface area (Å²) in [6.07, 6.45) is 3.31. The van der Waals surface area contributed by atoms with E-state index in [-0.39, 0.29) is 17.8 Å². The third-order valence-corrected chi connectivity index (χ3v) is 2.70. The third kappa shape index (κ3) is 2.95. The SMILES string of the molecule is CCCc1nc(C(=O)NC(C)c2nncn2C)n[nH]1. The number of aromatic amines is 1. The Morgan fingerprint density at radius 2 is 2.37 bits per heavy atom. The number of nitrogens with zero attached hydrogens (tertiary/aromatic N) is 5. The van der Waals surface area contributed by atoms with E-state index in [9.17, 15) is 4.79 Å². The lowest BCUT2D eigenvalue weighted by atomic mass is 10.3. The van der Waals surface area contributed by atoms with Crippen molar-refractivity contribution in [2.24, 2.45) is 7.05 Å². The molecule has 8 nitrogen and oxygen atoms in total. The number of aromatic nitrogens is 6. The Labute approximate surface area is 110 Å². The summed E-state index contributed by atoms with van der Waals surface area (Å²) in [6, 6.07) is -0.256. The maximum absolute atomic E-state index is 12.0. The van der Waals surface area contributed by atoms with Gasteiger partial charge in [0.2, 0.25) is 5.82 Å². The number of H-pyrrole nitrogens is 1. The maximum Gasteiger partial charge on any atom is 0.291 e. The Morgan fingerprint density at radius 1 is 1.58 bits per heavy atom. The van der Waals surface area contributed by atoms with E-state index in [1.165, 1.54) is 0 Å². The van der Waals surface area contributed by atoms with E-state index >= 15 is 0 Å². The average Bonchev–Trinajstić information content (AvgIpc) is 2.98. The molecule has 1 atom stereocenters. The molecule has 102 valence electrons. The second-order valence-corrected chi connectivity index (χ2v) is 4.35. The van der Waals surface area contributed by atoms with Gasteiger partial charge in [0.15, 0.2) is 5.82 Å². The van der Waals surface area contributed by atoms with E-state index in [4.69, 9.17) is 0 Å². The lowest BCUT2D eigenvalue weighted by Gasteiger charge is -2.11. The van der Waals surface area contributed by atoms with E-state index in [0.717, 1.165) is 18.7 Å². The Bertz CT molecular complexity index is 559. The molecular weight excluding hydrogens is 246 g/mol. The van der Waals surface area contributed by atoms with Gasteiger partial charge in [-0.1, -0.05) is 6.92 Å². The molecule has 2 heterocycles. The van der Waals surface area contributed by atoms with Crippen molar-refractivity contribution < 1.29 is 4.79 Å². The van der Waals surface area contributed by atoms with Gasteiger partial charge in [-0.05, 0) is 13.3 Å². The van der Waals surface area contributed by atoms with Crippen LogP contribution in [-0.2, 0) is 13.5 Å². The Hall–Kier alpha value is -2.25. The van der Waals surface area contributed by atoms with Crippen LogP contribution in [0.5, 0.6) is 0 Å². The number of hydrogen-bond donors (Lipinski definition) is 2. The molecule has 0 bridgehead atoms. The highest BCUT2D eigenvalue weighted by atomic mass is 16.2. The number of aryl methyl sites for hydroxylation is 2. The molecule has 1 amide bonds. The van der Waals surface area contributed by atoms with Crippen LogP contribution in [0.1, 0.15) is 48.6 Å². The van der Waals surface area contributed by atoms with Gasteiger partial charge in [-0.15, -0.1) is 15.3 Å². The molecule has 0 saturated carbocycles. The monoisotopic (exact) mass is 263 g/mol. The number of carbonyl (C=O) groups excluding carboxylic acids is 1. The molecule has 2 rings (SSSR count). The summed E-state index contributed by atoms with van der Waals surface area (Å²) in [6.45, 7) is 3.87. The molecule has 2 N–H and O–H groups in total. The molecular formula is C11H17N7O. The predicted molar refractivity (Wildman–Crippen MR) is 67.3 cm³/mol. The Morgan fingerprint density at radius 3 is 3.00 bits per heavy atom. The van der Waals surface area contributed by atoms with Crippen LogP contribution in [0.15, 0.2) is 6.33 Å². The smallest absolute Gasteiger partial charge is 0.291 e. The van der Waals surface area contributed by atoms with Crippen LogP contribution in [-0.4, -0.2) is 35.9 Å². The number of rotatable bonds is 5. The lowest BCUT2D eigenvalue weighted by molar-refractivity contribution is 0.0927. The number of hydrogen-bond acceptors (Lipinski definition) is 5. The van der Waals surface area contributed by atoms with Gasteiger partial charge in [0.1, 0.15) is 12.2 Å². The average molecular weight is 263 g/mol. The van der Waals surface area contributed by atoms with Crippen molar-refractivity contribution >= 4 is 5.91 Å². The summed E-state index contributed by atoms with van der Waals surface area (Å²) in [5.41, 5.74) is 0. The fourth-order valence-electron chi connectivity index (χ4n) is 1.76. The van der Waals surface area contributed by atoms with Gasteiger partial charge in [0.25, 0.3) is 5.91 Å². The van der Waals surface area contributed by atoms with Gasteiger partial charge in [-0.25, -0.2) is 4.98 Å². The lowest BCUT2D eigenvalue weighted by Crippen LogP contribution is -2.29. The zero-order chi connectivity index (χ0) is 13.8. The highest BCUT2D eigenvalue weighted by Gasteiger charge is 2.18. The van der Waals surface area contributed by atoms with Crippen LogP contribution in [0.25, 0.3) is 0 Å². The fourth-order valence-corrected chi connectivity index (χ4v) is 1.76. The first-order valence-corrected chi connectivity index (χ1v) is 6.17. The Balaban J connectivity index is 2.02. The molecule has 0 radical (unpaired) electrons. The van der Waals surface area contributed by atoms with Crippen molar-refractivity contribution in [1.82, 2.24) is 35.3 Å². The highest BCUT2D eigenvalue weighted by molar-refractivity contribution is 5.90. The molecule has 8 heteroatoms. The van der Waals surface area contributed by atoms with Crippen molar-refractivity contribution in [3.63, 3.8) is 0 Å². The van der Waals surface area contributed by atoms with Crippen molar-refractivity contribution in [1.29, 1.82) is 0 Å². The van der Waals surface area contributed by atoms with Gasteiger partial charge in [-0.2, -0.15) is 0 Å². The standard InChI is InChI=1S/C11H17N7O/c1-4-5-8-14-9(16-15-8)11(19)13-7(2)10-17-12-6-18(10)3/h6-7H,4-5H2,1-3H3,(H,13,19)(H,14,15,16). The quantitative estimate of drug-likeness (QED) is 0.811. The second kappa shape index (κ2) is 5.59. The van der Waals surface area contributed by atoms with E-state index in [2.05, 4.69) is 30.7 Å². The first-order chi connectivity index (χ1) is 9.11. The first kappa shape index (κ1) is 13.2. The summed E-state index contributed by atoms with van der Waals surface area (Å²) in [4.78, 5) is 16.1. The zero-order valence-corrected chi connectivity index (χ0v) is 11.2. The molecule has 1 unspecified atom stereocenters. The van der Waals surface area contributed by atoms with Crippen molar-refractivity contribution in [2.75, 3.05) is 0 Å². The number of amides is 1. The largest absolute Gasteiger partial charge is 0.340 e. The molecule has 0 fully saturated rings. The molecule has 0 aliphatic carbocycles. The van der Waals surface area contributed by atoms with E-state index in [1.807, 2.05) is 20.9 Å². The van der Waals surface area contributed by atoms with Crippen LogP contribution in [0.2, 0.25) is 0 Å². The van der Waals surface area contributed by atoms with E-state index < -0.39 is 0 Å². The van der Waals surface area contributed by atoms with Crippen LogP contribution in [0.3, 0.4) is 0 Å². The van der Waals surface area contributed by atoms with Gasteiger partial charge in [0, 0.05) is 13.5 Å². The van der Waals surface area contributed by atoms with E-state index in [1.54, 1.807) is 10.9 Å². The van der Waals surface area contributed by atoms with Crippen molar-refractivity contribution in [3.05, 3.63) is 23.8 Å². The van der Waals surface area contributed by atoms with Gasteiger partial charge in [0.05, 0.1) is 6.04 Å². The van der Waals surface area contributed by atoms with Crippen molar-refractivity contribution in [3.8, 4) is 0 Å². The topological polar surface area (TPSA) is 101 Å². The minimum Gasteiger partial charge on any atom is -0.340 e. The van der Waals surface area contributed by atoms with Crippen LogP contribution >= 0.6 is 0 Å². The van der Waals surface area contributed by atoms with Crippen LogP contribution in [0, 0.1) is 0 Å². The van der Waals surface area contributed by atoms with Crippen LogP contribution < -0.4 is 5.32 Å². The normalized spacial score (nSPS) is 12.4. The van der Waals surface area contributed by atoms with Gasteiger partial charge < -0.3 is 9.88 Å². The fraction of sp³-hybridized carbons (Fsp3) is 0.545. The number of nitrogens with one attached hydrogen (secondary N) is 2. The minimum absolute atomic E-state index is 0.150. The maximum atomic E-state index is 12.0. The molecule has 0 saturated heterocycles. The molecule has 0 spiro atoms. The molecule has 0 aromatic carbocycles. The van der Waals surface area contributed by atoms with Gasteiger partial charge in [-0.3, -0.25) is 9.89 Å². The summed E-state index contributed by atoms with van der Waals surface area (Å²) < 4.78 is 1.76. The third-order valence-electron chi connectivity index (χ3n) is 2.70. The first-order valence-electron chi connectivity index (χ1n) is 6.17. The molecule has 2 aromatic heterocycles. The van der Waals surface area contributed by atoms with Crippen molar-refractivity contribution in [2.45, 2.75) is 32.7 Å². The highest BCUT2D eigenvalue weighted by Crippen LogP contribution is 2.08. The minimum atomic E-state index is -0.325. The molecule has 19 heavy (non-hydrogen) atoms. The summed E-state index contributed by atoms with van der Waals surface area (Å²) in [5, 5.41) is 17.2. The summed E-state index contributed by atoms with van der Waals surface area (Å²) in [5.74, 6) is 1.23. The zero-order valence-electron chi connectivity index (χ0n) is 11.2. The predicted octanol–water partition coefficient (Wildman–Crippen LogP) is 0.377. The van der Waals surface area contributed by atoms with Gasteiger partial charge >= 0.3 is 0 Å². The molecule has 0 aliphatic rings. The summed E-state index contributed by atoms with van der Waals surface area (Å²) >= 11 is 0. The van der Waals surface area contributed by atoms with E-state index in [0.29, 0.717) is 5.82 Å². The summed E-state index contributed by atoms with van der Waals surface area (Å²) in [7, 11) is 1.82. The molecule has 0 aliphatic heterocycles.